The molecule has 10 rings (SSSR count). The normalized spacial score (nSPS) is 12.2. The number of amides is 6. The molecule has 3 atom stereocenters. The van der Waals surface area contributed by atoms with Crippen LogP contribution in [0.2, 0.25) is 0 Å². The van der Waals surface area contributed by atoms with Crippen molar-refractivity contribution in [1.82, 2.24) is 10.2 Å². The zero-order chi connectivity index (χ0) is 96.6. The van der Waals surface area contributed by atoms with Crippen molar-refractivity contribution in [2.24, 2.45) is 11.7 Å². The number of nitrogens with zero attached hydrogens (tertiary/aromatic N) is 2. The van der Waals surface area contributed by atoms with Crippen LogP contribution < -0.4 is 51.7 Å². The van der Waals surface area contributed by atoms with E-state index in [9.17, 15) is 108 Å². The highest BCUT2D eigenvalue weighted by atomic mass is 32.2. The van der Waals surface area contributed by atoms with Crippen molar-refractivity contribution >= 4 is 149 Å². The van der Waals surface area contributed by atoms with E-state index < -0.39 is 149 Å². The van der Waals surface area contributed by atoms with Crippen LogP contribution in [0.5, 0.6) is 23.0 Å². The molecule has 3 aliphatic rings. The number of carboxylic acid groups (broad SMARTS) is 5. The lowest BCUT2D eigenvalue weighted by atomic mass is 10.0. The van der Waals surface area contributed by atoms with Crippen LogP contribution in [-0.4, -0.2) is 211 Å². The number of sulfone groups is 2. The predicted octanol–water partition coefficient (Wildman–Crippen LogP) is 8.49. The summed E-state index contributed by atoms with van der Waals surface area (Å²) in [5, 5.41) is 63.5. The Labute approximate surface area is 731 Å². The van der Waals surface area contributed by atoms with Gasteiger partial charge in [0.25, 0.3) is 17.5 Å². The van der Waals surface area contributed by atoms with Gasteiger partial charge < -0.3 is 91.4 Å². The fourth-order valence-electron chi connectivity index (χ4n) is 11.3. The number of fused-ring (bicyclic) bond motifs is 3. The number of hydrogen-bond acceptors (Lipinski definition) is 32. The molecule has 0 aliphatic carbocycles. The number of carboxylic acids is 5. The number of nitro groups is 1. The zero-order valence-corrected chi connectivity index (χ0v) is 72.0. The van der Waals surface area contributed by atoms with Crippen molar-refractivity contribution in [2.45, 2.75) is 101 Å². The molecule has 13 N–H and O–H groups in total. The monoisotopic (exact) mass is 1830 g/mol. The standard InChI is InChI=1S/C22H24N2O7S.C12H19NO4S.2C10H7NO4.C8H5NO6.C8H7NO4.C8H15NO3.C4H6O3.CH4/c1-5-31-19-11-14(9-10-18(19)30-3)17(12-32(4,28)29)24-21(26)15-7-6-8-16(23-13(2)25)20(15)22(24)27;1-4-17-12-7-9(5-6-11(12)16-2)10(13)8-18(3,14)15;2*1-5(12)11-7-4-2-3-6-8(7)10(14)15-9(6)13;10-7(11)4-2-1-3-5(9(14)15)6(4)8(12)13;9-5-3-1-2-4(7(10)11)6(5)8(12)13;1-5(2)4-7(8(11)12)9-6(3)10;1-3(5)7-4(2)6;/h6-11,17H,5,12H2,1-4H3,(H,23,25);5-7,10H,4,8,13H2,1-3H3;2*2-4H,1H3,(H,11,12);1-3H,(H,10,11)(H,12,13);1-3H,9H2,(H,10,11)(H,12,13);5,7H,4H2,1-3H3,(H,9,10)(H,11,12);1-2H3;1H4/t17-;10-;;;;;7-;;/m11....0../s1. The van der Waals surface area contributed by atoms with Crippen LogP contribution in [0.3, 0.4) is 0 Å². The molecule has 7 aromatic rings. The maximum Gasteiger partial charge on any atom is 0.349 e. The Hall–Kier alpha value is -15.4. The third-order valence-corrected chi connectivity index (χ3v) is 18.0. The molecular weight excluding hydrogens is 1730 g/mol. The number of hydrogen-bond donors (Lipinski definition) is 11. The third kappa shape index (κ3) is 33.0. The van der Waals surface area contributed by atoms with E-state index in [1.54, 1.807) is 80.8 Å². The van der Waals surface area contributed by atoms with Gasteiger partial charge in [-0.25, -0.2) is 60.0 Å². The molecule has 6 amide bonds. The average Bonchev–Trinajstić information content (AvgIpc) is 1.60. The van der Waals surface area contributed by atoms with Crippen LogP contribution in [0.15, 0.2) is 127 Å². The minimum absolute atomic E-state index is 0. The first-order valence-corrected chi connectivity index (χ1v) is 40.9. The third-order valence-electron chi connectivity index (χ3n) is 16.2. The number of esters is 6. The predicted molar refractivity (Wildman–Crippen MR) is 455 cm³/mol. The molecule has 0 saturated heterocycles. The minimum atomic E-state index is -3.60. The molecule has 128 heavy (non-hydrogen) atoms. The molecule has 0 radical (unpaired) electrons. The molecule has 0 spiro atoms. The molecule has 0 bridgehead atoms. The number of methoxy groups -OCH3 is 2. The van der Waals surface area contributed by atoms with Crippen molar-refractivity contribution < 1.29 is 162 Å². The van der Waals surface area contributed by atoms with Crippen LogP contribution in [0.25, 0.3) is 0 Å². The Morgan fingerprint density at radius 2 is 0.891 bits per heavy atom. The summed E-state index contributed by atoms with van der Waals surface area (Å²) < 4.78 is 81.2. The van der Waals surface area contributed by atoms with Gasteiger partial charge in [-0.15, -0.1) is 0 Å². The molecule has 0 fully saturated rings. The number of nitrogens with two attached hydrogens (primary N) is 2. The van der Waals surface area contributed by atoms with Crippen molar-refractivity contribution in [1.29, 1.82) is 0 Å². The molecular formula is C83H94N8O35S2. The molecule has 43 nitrogen and oxygen atoms in total. The minimum Gasteiger partial charge on any atom is -0.493 e. The second-order valence-electron chi connectivity index (χ2n) is 26.8. The highest BCUT2D eigenvalue weighted by Gasteiger charge is 2.44. The van der Waals surface area contributed by atoms with Gasteiger partial charge in [0, 0.05) is 71.8 Å². The van der Waals surface area contributed by atoms with E-state index >= 15 is 0 Å². The molecule has 3 heterocycles. The van der Waals surface area contributed by atoms with Gasteiger partial charge in [-0.1, -0.05) is 63.7 Å². The second-order valence-corrected chi connectivity index (χ2v) is 31.2. The van der Waals surface area contributed by atoms with Crippen LogP contribution in [-0.2, 0) is 67.4 Å². The van der Waals surface area contributed by atoms with Gasteiger partial charge in [0.15, 0.2) is 28.6 Å². The number of benzene rings is 7. The number of nitrogens with one attached hydrogen (secondary N) is 4. The summed E-state index contributed by atoms with van der Waals surface area (Å²) in [5.41, 5.74) is 11.0. The van der Waals surface area contributed by atoms with E-state index in [0.717, 1.165) is 29.4 Å². The van der Waals surface area contributed by atoms with E-state index in [0.29, 0.717) is 65.1 Å². The van der Waals surface area contributed by atoms with Crippen molar-refractivity contribution in [3.05, 3.63) is 204 Å². The number of cyclic esters (lactones) is 4. The largest absolute Gasteiger partial charge is 0.493 e. The first kappa shape index (κ1) is 109. The summed E-state index contributed by atoms with van der Waals surface area (Å²) in [6.07, 6.45) is 2.67. The summed E-state index contributed by atoms with van der Waals surface area (Å²) in [6.45, 7) is 15.9. The number of aromatic carboxylic acids is 4. The van der Waals surface area contributed by atoms with Crippen LogP contribution in [0.4, 0.5) is 28.4 Å². The molecule has 45 heteroatoms. The highest BCUT2D eigenvalue weighted by Crippen LogP contribution is 2.40. The van der Waals surface area contributed by atoms with Gasteiger partial charge in [0.2, 0.25) is 23.6 Å². The van der Waals surface area contributed by atoms with Crippen molar-refractivity contribution in [2.75, 3.05) is 73.1 Å². The first-order chi connectivity index (χ1) is 59.2. The van der Waals surface area contributed by atoms with E-state index in [1.807, 2.05) is 20.8 Å². The smallest absolute Gasteiger partial charge is 0.349 e. The average molecular weight is 1830 g/mol. The van der Waals surface area contributed by atoms with Gasteiger partial charge in [-0.3, -0.25) is 53.4 Å². The van der Waals surface area contributed by atoms with Crippen molar-refractivity contribution in [3.8, 4) is 23.0 Å². The number of aliphatic carboxylic acids is 1. The number of carbonyl (C=O) groups is 17. The molecule has 0 saturated carbocycles. The fourth-order valence-corrected chi connectivity index (χ4v) is 13.1. The summed E-state index contributed by atoms with van der Waals surface area (Å²) in [5.74, 6) is -11.7. The molecule has 0 aromatic heterocycles. The van der Waals surface area contributed by atoms with Crippen LogP contribution >= 0.6 is 0 Å². The lowest BCUT2D eigenvalue weighted by Gasteiger charge is -2.27. The molecule has 3 aliphatic heterocycles. The van der Waals surface area contributed by atoms with Gasteiger partial charge >= 0.3 is 65.7 Å². The van der Waals surface area contributed by atoms with Crippen LogP contribution in [0, 0.1) is 16.0 Å². The summed E-state index contributed by atoms with van der Waals surface area (Å²) >= 11 is 0. The Balaban J connectivity index is 0.000000512. The lowest BCUT2D eigenvalue weighted by molar-refractivity contribution is -0.385. The van der Waals surface area contributed by atoms with Gasteiger partial charge in [0.05, 0.1) is 117 Å². The number of imide groups is 1. The maximum absolute atomic E-state index is 13.3. The molecule has 688 valence electrons. The van der Waals surface area contributed by atoms with Crippen molar-refractivity contribution in [3.63, 3.8) is 0 Å². The maximum atomic E-state index is 13.3. The molecule has 0 unspecified atom stereocenters. The summed E-state index contributed by atoms with van der Waals surface area (Å²) in [7, 11) is -3.69. The first-order valence-electron chi connectivity index (χ1n) is 36.8. The number of rotatable bonds is 25. The number of nitro benzene ring substituents is 1. The van der Waals surface area contributed by atoms with Crippen LogP contribution in [0.1, 0.15) is 210 Å². The number of ether oxygens (including phenoxy) is 7. The number of carbonyl (C=O) groups excluding carboxylic acids is 12. The molecule has 7 aromatic carbocycles. The Kier molecular flexibility index (Phi) is 42.3. The van der Waals surface area contributed by atoms with Gasteiger partial charge in [-0.05, 0) is 116 Å². The van der Waals surface area contributed by atoms with E-state index in [1.165, 1.54) is 97.4 Å². The lowest BCUT2D eigenvalue weighted by Crippen LogP contribution is -2.40. The van der Waals surface area contributed by atoms with Gasteiger partial charge in [-0.2, -0.15) is 0 Å². The summed E-state index contributed by atoms with van der Waals surface area (Å²) in [4.78, 5) is 198. The van der Waals surface area contributed by atoms with E-state index in [4.69, 9.17) is 55.9 Å². The SMILES string of the molecule is C.CC(=O)N[C@@H](CC(C)C)C(=O)O.CC(=O)Nc1cccc2c1C(=O)OC2=O.CC(=O)Nc1cccc2c1C(=O)OC2=O.CC(=O)OC(C)=O.CCOc1cc([C@@H](CS(C)(=O)=O)N2C(=O)c3cccc(NC(C)=O)c3C2=O)ccc1OC.CCOc1cc([C@H](N)CS(C)(=O)=O)ccc1OC.Nc1cccc(C(=O)O)c1C(=O)O.O=C(O)c1cccc([N+](=O)[O-])c1C(=O)O. The van der Waals surface area contributed by atoms with Gasteiger partial charge in [0.1, 0.15) is 25.7 Å². The Morgan fingerprint density at radius 3 is 1.23 bits per heavy atom. The topological polar surface area (TPSA) is 671 Å². The number of nitrogen functional groups attached to an aromatic ring is 1. The highest BCUT2D eigenvalue weighted by molar-refractivity contribution is 7.91. The Morgan fingerprint density at radius 1 is 0.500 bits per heavy atom. The fraction of sp³-hybridized carbons (Fsp3) is 0.289. The quantitative estimate of drug-likeness (QED) is 0.00485. The second kappa shape index (κ2) is 49.8. The van der Waals surface area contributed by atoms with E-state index in [-0.39, 0.29) is 92.7 Å². The van der Waals surface area contributed by atoms with E-state index in [2.05, 4.69) is 35.5 Å². The zero-order valence-electron chi connectivity index (χ0n) is 70.3. The summed E-state index contributed by atoms with van der Waals surface area (Å²) in [6, 6.07) is 28.2. The Bertz CT molecular complexity index is 5540. The number of anilines is 4.